The molecule has 1 fully saturated rings. The molecule has 5 nitrogen and oxygen atoms in total. The number of halogens is 1. The topological polar surface area (TPSA) is 71.5 Å². The van der Waals surface area contributed by atoms with Crippen LogP contribution >= 0.6 is 0 Å². The van der Waals surface area contributed by atoms with E-state index in [1.54, 1.807) is 19.1 Å². The smallest absolute Gasteiger partial charge is 0.253 e. The summed E-state index contributed by atoms with van der Waals surface area (Å²) in [5, 5.41) is 13.9. The SMILES string of the molecule is Cc1nc2cc(F)ccc2cc1C(=O)NCC1(O)CCOCC1. The Morgan fingerprint density at radius 3 is 2.87 bits per heavy atom. The molecule has 0 atom stereocenters. The van der Waals surface area contributed by atoms with Crippen LogP contribution < -0.4 is 5.32 Å². The van der Waals surface area contributed by atoms with E-state index in [0.29, 0.717) is 48.2 Å². The van der Waals surface area contributed by atoms with E-state index in [9.17, 15) is 14.3 Å². The molecule has 1 aliphatic heterocycles. The Hall–Kier alpha value is -2.05. The van der Waals surface area contributed by atoms with Gasteiger partial charge in [0.05, 0.1) is 22.4 Å². The zero-order valence-electron chi connectivity index (χ0n) is 12.9. The minimum Gasteiger partial charge on any atom is -0.388 e. The van der Waals surface area contributed by atoms with Gasteiger partial charge >= 0.3 is 0 Å². The highest BCUT2D eigenvalue weighted by Crippen LogP contribution is 2.21. The Morgan fingerprint density at radius 1 is 1.39 bits per heavy atom. The number of rotatable bonds is 3. The van der Waals surface area contributed by atoms with Crippen molar-refractivity contribution in [1.29, 1.82) is 0 Å². The van der Waals surface area contributed by atoms with Crippen molar-refractivity contribution >= 4 is 16.8 Å². The fourth-order valence-electron chi connectivity index (χ4n) is 2.73. The fourth-order valence-corrected chi connectivity index (χ4v) is 2.73. The second-order valence-corrected chi connectivity index (χ2v) is 5.98. The van der Waals surface area contributed by atoms with E-state index in [2.05, 4.69) is 10.3 Å². The molecule has 2 heterocycles. The second kappa shape index (κ2) is 6.22. The van der Waals surface area contributed by atoms with Crippen LogP contribution in [-0.2, 0) is 4.74 Å². The Labute approximate surface area is 133 Å². The van der Waals surface area contributed by atoms with Gasteiger partial charge in [0.15, 0.2) is 0 Å². The highest BCUT2D eigenvalue weighted by molar-refractivity contribution is 5.98. The number of ether oxygens (including phenoxy) is 1. The van der Waals surface area contributed by atoms with E-state index >= 15 is 0 Å². The van der Waals surface area contributed by atoms with Gasteiger partial charge in [0.1, 0.15) is 5.82 Å². The molecule has 0 bridgehead atoms. The summed E-state index contributed by atoms with van der Waals surface area (Å²) in [4.78, 5) is 16.7. The third-order valence-corrected chi connectivity index (χ3v) is 4.22. The van der Waals surface area contributed by atoms with Crippen LogP contribution in [0.25, 0.3) is 10.9 Å². The van der Waals surface area contributed by atoms with E-state index in [1.165, 1.54) is 12.1 Å². The van der Waals surface area contributed by atoms with Gasteiger partial charge in [0.2, 0.25) is 0 Å². The molecule has 0 radical (unpaired) electrons. The fraction of sp³-hybridized carbons (Fsp3) is 0.412. The molecule has 0 aliphatic carbocycles. The zero-order valence-corrected chi connectivity index (χ0v) is 12.9. The molecule has 1 saturated heterocycles. The van der Waals surface area contributed by atoms with E-state index in [1.807, 2.05) is 0 Å². The van der Waals surface area contributed by atoms with Gasteiger partial charge in [-0.15, -0.1) is 0 Å². The molecule has 1 aromatic heterocycles. The highest BCUT2D eigenvalue weighted by atomic mass is 19.1. The van der Waals surface area contributed by atoms with Gasteiger partial charge in [-0.05, 0) is 25.1 Å². The number of pyridine rings is 1. The number of aryl methyl sites for hydroxylation is 1. The van der Waals surface area contributed by atoms with Crippen molar-refractivity contribution in [2.75, 3.05) is 19.8 Å². The largest absolute Gasteiger partial charge is 0.388 e. The molecule has 1 amide bonds. The number of hydrogen-bond acceptors (Lipinski definition) is 4. The first-order chi connectivity index (χ1) is 11.0. The van der Waals surface area contributed by atoms with Crippen LogP contribution in [0, 0.1) is 12.7 Å². The quantitative estimate of drug-likeness (QED) is 0.907. The lowest BCUT2D eigenvalue weighted by molar-refractivity contribution is -0.0605. The van der Waals surface area contributed by atoms with E-state index in [-0.39, 0.29) is 18.3 Å². The van der Waals surface area contributed by atoms with Crippen molar-refractivity contribution in [2.45, 2.75) is 25.4 Å². The van der Waals surface area contributed by atoms with Gasteiger partial charge in [0, 0.05) is 44.1 Å². The number of nitrogens with zero attached hydrogens (tertiary/aromatic N) is 1. The number of hydrogen-bond donors (Lipinski definition) is 2. The number of nitrogens with one attached hydrogen (secondary N) is 1. The van der Waals surface area contributed by atoms with Gasteiger partial charge in [-0.1, -0.05) is 0 Å². The maximum atomic E-state index is 13.2. The molecule has 0 unspecified atom stereocenters. The van der Waals surface area contributed by atoms with Crippen LogP contribution in [0.4, 0.5) is 4.39 Å². The van der Waals surface area contributed by atoms with Gasteiger partial charge < -0.3 is 15.2 Å². The van der Waals surface area contributed by atoms with Gasteiger partial charge in [-0.25, -0.2) is 4.39 Å². The Balaban J connectivity index is 1.77. The van der Waals surface area contributed by atoms with E-state index < -0.39 is 5.60 Å². The number of carbonyl (C=O) groups excluding carboxylic acids is 1. The summed E-state index contributed by atoms with van der Waals surface area (Å²) in [6, 6.07) is 5.97. The lowest BCUT2D eigenvalue weighted by Gasteiger charge is -2.32. The first-order valence-corrected chi connectivity index (χ1v) is 7.62. The minimum atomic E-state index is -0.921. The van der Waals surface area contributed by atoms with Crippen molar-refractivity contribution in [3.8, 4) is 0 Å². The molecular formula is C17H19FN2O3. The summed E-state index contributed by atoms with van der Waals surface area (Å²) in [6.45, 7) is 2.88. The first-order valence-electron chi connectivity index (χ1n) is 7.62. The van der Waals surface area contributed by atoms with E-state index in [0.717, 1.165) is 0 Å². The van der Waals surface area contributed by atoms with Crippen molar-refractivity contribution in [3.63, 3.8) is 0 Å². The lowest BCUT2D eigenvalue weighted by Crippen LogP contribution is -2.46. The van der Waals surface area contributed by atoms with Gasteiger partial charge in [0.25, 0.3) is 5.91 Å². The molecule has 0 saturated carbocycles. The number of aromatic nitrogens is 1. The number of amides is 1. The number of carbonyl (C=O) groups is 1. The molecule has 2 aromatic rings. The van der Waals surface area contributed by atoms with Crippen LogP contribution in [0.3, 0.4) is 0 Å². The molecule has 2 N–H and O–H groups in total. The summed E-state index contributed by atoms with van der Waals surface area (Å²) in [5.74, 6) is -0.649. The summed E-state index contributed by atoms with van der Waals surface area (Å²) < 4.78 is 18.5. The Kier molecular flexibility index (Phi) is 4.28. The molecule has 23 heavy (non-hydrogen) atoms. The summed E-state index contributed by atoms with van der Waals surface area (Å²) in [7, 11) is 0. The first kappa shape index (κ1) is 15.8. The van der Waals surface area contributed by atoms with Crippen molar-refractivity contribution in [1.82, 2.24) is 10.3 Å². The normalized spacial score (nSPS) is 17.2. The lowest BCUT2D eigenvalue weighted by atomic mass is 9.94. The number of aliphatic hydroxyl groups is 1. The van der Waals surface area contributed by atoms with Crippen molar-refractivity contribution in [2.24, 2.45) is 0 Å². The number of benzene rings is 1. The van der Waals surface area contributed by atoms with Crippen LogP contribution in [0.5, 0.6) is 0 Å². The molecule has 6 heteroatoms. The molecular weight excluding hydrogens is 299 g/mol. The van der Waals surface area contributed by atoms with Crippen molar-refractivity contribution < 1.29 is 19.0 Å². The maximum Gasteiger partial charge on any atom is 0.253 e. The van der Waals surface area contributed by atoms with Gasteiger partial charge in [-0.3, -0.25) is 9.78 Å². The molecule has 0 spiro atoms. The Bertz CT molecular complexity index is 742. The van der Waals surface area contributed by atoms with Gasteiger partial charge in [-0.2, -0.15) is 0 Å². The predicted molar refractivity (Wildman–Crippen MR) is 83.8 cm³/mol. The summed E-state index contributed by atoms with van der Waals surface area (Å²) in [6.07, 6.45) is 1.00. The van der Waals surface area contributed by atoms with Crippen LogP contribution in [0.15, 0.2) is 24.3 Å². The van der Waals surface area contributed by atoms with Crippen LogP contribution in [0.2, 0.25) is 0 Å². The zero-order chi connectivity index (χ0) is 16.4. The average molecular weight is 318 g/mol. The Morgan fingerprint density at radius 2 is 2.13 bits per heavy atom. The molecule has 1 aromatic carbocycles. The third-order valence-electron chi connectivity index (χ3n) is 4.22. The van der Waals surface area contributed by atoms with Crippen LogP contribution in [0.1, 0.15) is 28.9 Å². The molecule has 1 aliphatic rings. The second-order valence-electron chi connectivity index (χ2n) is 5.98. The van der Waals surface area contributed by atoms with Crippen LogP contribution in [-0.4, -0.2) is 41.4 Å². The molecule has 3 rings (SSSR count). The monoisotopic (exact) mass is 318 g/mol. The third kappa shape index (κ3) is 3.48. The van der Waals surface area contributed by atoms with Crippen molar-refractivity contribution in [3.05, 3.63) is 41.3 Å². The number of fused-ring (bicyclic) bond motifs is 1. The average Bonchev–Trinajstić information content (AvgIpc) is 2.52. The molecule has 122 valence electrons. The minimum absolute atomic E-state index is 0.177. The predicted octanol–water partition coefficient (Wildman–Crippen LogP) is 1.95. The standard InChI is InChI=1S/C17H19FN2O3/c1-11-14(8-12-2-3-13(18)9-15(12)20-11)16(21)19-10-17(22)4-6-23-7-5-17/h2-3,8-9,22H,4-7,10H2,1H3,(H,19,21). The summed E-state index contributed by atoms with van der Waals surface area (Å²) >= 11 is 0. The highest BCUT2D eigenvalue weighted by Gasteiger charge is 2.30. The van der Waals surface area contributed by atoms with E-state index in [4.69, 9.17) is 4.74 Å². The maximum absolute atomic E-state index is 13.2. The summed E-state index contributed by atoms with van der Waals surface area (Å²) in [5.41, 5.74) is 0.552.